The first kappa shape index (κ1) is 22.3. The average Bonchev–Trinajstić information content (AvgIpc) is 3.24. The Morgan fingerprint density at radius 2 is 2.00 bits per heavy atom. The van der Waals surface area contributed by atoms with Crippen molar-refractivity contribution in [3.63, 3.8) is 0 Å². The van der Waals surface area contributed by atoms with Crippen LogP contribution in [0.1, 0.15) is 44.9 Å². The Morgan fingerprint density at radius 1 is 1.21 bits per heavy atom. The molecule has 2 aliphatic carbocycles. The van der Waals surface area contributed by atoms with Crippen LogP contribution in [-0.4, -0.2) is 69.2 Å². The standard InChI is InChI=1S/C23H37N3O2S/c1-24-23(27)18-8-10-19(11-9-18)28-16-5-13-25(2)14-15-26(3)21-6-4-7-22-20(21)12-17-29-22/h7,12,17-19H,4-6,8-11,13-16H2,1-3H3,(H,24,27). The molecule has 1 amide bonds. The Morgan fingerprint density at radius 3 is 2.76 bits per heavy atom. The number of likely N-dealkylation sites (N-methyl/N-ethyl adjacent to an activating group) is 2. The average molecular weight is 420 g/mol. The van der Waals surface area contributed by atoms with Gasteiger partial charge in [0.2, 0.25) is 5.91 Å². The first-order valence-corrected chi connectivity index (χ1v) is 12.0. The van der Waals surface area contributed by atoms with Crippen LogP contribution in [0, 0.1) is 5.92 Å². The largest absolute Gasteiger partial charge is 0.378 e. The molecule has 5 nitrogen and oxygen atoms in total. The van der Waals surface area contributed by atoms with Crippen molar-refractivity contribution in [1.82, 2.24) is 15.1 Å². The van der Waals surface area contributed by atoms with Gasteiger partial charge in [0.15, 0.2) is 0 Å². The summed E-state index contributed by atoms with van der Waals surface area (Å²) in [5, 5.41) is 6.41. The Balaban J connectivity index is 1.30. The number of fused-ring (bicyclic) bond motifs is 1. The summed E-state index contributed by atoms with van der Waals surface area (Å²) >= 11 is 1.85. The molecule has 0 saturated heterocycles. The maximum atomic E-state index is 11.7. The molecule has 162 valence electrons. The minimum atomic E-state index is 0.188. The zero-order chi connectivity index (χ0) is 20.6. The predicted octanol–water partition coefficient (Wildman–Crippen LogP) is 2.01. The van der Waals surface area contributed by atoms with E-state index in [9.17, 15) is 4.79 Å². The van der Waals surface area contributed by atoms with E-state index < -0.39 is 0 Å². The number of thiophene rings is 1. The SMILES string of the molecule is CNC(=O)C1CCC(OCCCN(C)CCN(C)C2=c3ccsc3=CCC2)CC1. The molecule has 0 atom stereocenters. The van der Waals surface area contributed by atoms with Crippen molar-refractivity contribution in [1.29, 1.82) is 0 Å². The molecule has 1 fully saturated rings. The maximum absolute atomic E-state index is 11.7. The van der Waals surface area contributed by atoms with Gasteiger partial charge in [0.25, 0.3) is 0 Å². The van der Waals surface area contributed by atoms with Crippen LogP contribution >= 0.6 is 11.3 Å². The minimum absolute atomic E-state index is 0.188. The van der Waals surface area contributed by atoms with Gasteiger partial charge in [-0.25, -0.2) is 0 Å². The Kier molecular flexibility index (Phi) is 8.57. The summed E-state index contributed by atoms with van der Waals surface area (Å²) in [4.78, 5) is 16.6. The van der Waals surface area contributed by atoms with E-state index in [-0.39, 0.29) is 11.8 Å². The first-order valence-electron chi connectivity index (χ1n) is 11.1. The molecule has 0 aromatic carbocycles. The van der Waals surface area contributed by atoms with E-state index in [4.69, 9.17) is 4.74 Å². The molecule has 0 unspecified atom stereocenters. The lowest BCUT2D eigenvalue weighted by molar-refractivity contribution is -0.126. The van der Waals surface area contributed by atoms with Gasteiger partial charge in [0, 0.05) is 61.7 Å². The zero-order valence-corrected chi connectivity index (χ0v) is 19.1. The number of carbonyl (C=O) groups is 1. The van der Waals surface area contributed by atoms with E-state index in [2.05, 4.69) is 46.7 Å². The summed E-state index contributed by atoms with van der Waals surface area (Å²) in [6, 6.07) is 2.27. The van der Waals surface area contributed by atoms with E-state index in [1.807, 2.05) is 11.3 Å². The molecule has 0 bridgehead atoms. The second kappa shape index (κ2) is 11.1. The van der Waals surface area contributed by atoms with Crippen molar-refractivity contribution in [2.24, 2.45) is 5.92 Å². The summed E-state index contributed by atoms with van der Waals surface area (Å²) in [5.74, 6) is 0.378. The highest BCUT2D eigenvalue weighted by atomic mass is 32.1. The molecule has 1 heterocycles. The van der Waals surface area contributed by atoms with E-state index >= 15 is 0 Å². The number of ether oxygens (including phenoxy) is 1. The lowest BCUT2D eigenvalue weighted by Gasteiger charge is -2.28. The van der Waals surface area contributed by atoms with Crippen molar-refractivity contribution in [3.8, 4) is 0 Å². The molecular formula is C23H37N3O2S. The van der Waals surface area contributed by atoms with Gasteiger partial charge in [-0.15, -0.1) is 11.3 Å². The van der Waals surface area contributed by atoms with Gasteiger partial charge < -0.3 is 19.9 Å². The molecule has 0 radical (unpaired) electrons. The lowest BCUT2D eigenvalue weighted by atomic mass is 9.87. The van der Waals surface area contributed by atoms with E-state index in [0.717, 1.165) is 71.2 Å². The number of hydrogen-bond acceptors (Lipinski definition) is 5. The maximum Gasteiger partial charge on any atom is 0.222 e. The van der Waals surface area contributed by atoms with Gasteiger partial charge in [0.05, 0.1) is 6.10 Å². The Labute approximate surface area is 179 Å². The molecule has 2 aliphatic rings. The zero-order valence-electron chi connectivity index (χ0n) is 18.3. The third-order valence-electron chi connectivity index (χ3n) is 6.32. The van der Waals surface area contributed by atoms with E-state index in [1.165, 1.54) is 15.4 Å². The number of rotatable bonds is 10. The summed E-state index contributed by atoms with van der Waals surface area (Å²) in [7, 11) is 6.16. The highest BCUT2D eigenvalue weighted by Gasteiger charge is 2.25. The number of nitrogens with zero attached hydrogens (tertiary/aromatic N) is 2. The normalized spacial score (nSPS) is 21.6. The van der Waals surface area contributed by atoms with E-state index in [0.29, 0.717) is 6.10 Å². The van der Waals surface area contributed by atoms with Crippen LogP contribution in [0.25, 0.3) is 11.8 Å². The topological polar surface area (TPSA) is 44.8 Å². The van der Waals surface area contributed by atoms with Crippen LogP contribution in [0.5, 0.6) is 0 Å². The third-order valence-corrected chi connectivity index (χ3v) is 7.24. The van der Waals surface area contributed by atoms with Crippen molar-refractivity contribution in [2.45, 2.75) is 51.0 Å². The Hall–Kier alpha value is -1.37. The fourth-order valence-electron chi connectivity index (χ4n) is 4.44. The molecule has 1 saturated carbocycles. The van der Waals surface area contributed by atoms with Crippen LogP contribution in [-0.2, 0) is 9.53 Å². The van der Waals surface area contributed by atoms with Crippen LogP contribution in [0.15, 0.2) is 11.4 Å². The van der Waals surface area contributed by atoms with Crippen LogP contribution in [0.4, 0.5) is 0 Å². The second-order valence-electron chi connectivity index (χ2n) is 8.43. The summed E-state index contributed by atoms with van der Waals surface area (Å²) in [5.41, 5.74) is 1.49. The predicted molar refractivity (Wildman–Crippen MR) is 121 cm³/mol. The van der Waals surface area contributed by atoms with Crippen molar-refractivity contribution < 1.29 is 9.53 Å². The third kappa shape index (κ3) is 6.30. The second-order valence-corrected chi connectivity index (χ2v) is 9.37. The number of hydrogen-bond donors (Lipinski definition) is 1. The van der Waals surface area contributed by atoms with Crippen LogP contribution < -0.4 is 15.1 Å². The van der Waals surface area contributed by atoms with Gasteiger partial charge >= 0.3 is 0 Å². The fraction of sp³-hybridized carbons (Fsp3) is 0.696. The minimum Gasteiger partial charge on any atom is -0.378 e. The molecule has 3 rings (SSSR count). The first-order chi connectivity index (χ1) is 14.1. The van der Waals surface area contributed by atoms with Crippen molar-refractivity contribution in [2.75, 3.05) is 47.4 Å². The quantitative estimate of drug-likeness (QED) is 0.589. The molecule has 6 heteroatoms. The molecule has 0 aliphatic heterocycles. The van der Waals surface area contributed by atoms with Gasteiger partial charge in [-0.05, 0) is 63.4 Å². The fourth-order valence-corrected chi connectivity index (χ4v) is 5.31. The van der Waals surface area contributed by atoms with Crippen molar-refractivity contribution >= 4 is 29.0 Å². The van der Waals surface area contributed by atoms with Crippen LogP contribution in [0.2, 0.25) is 0 Å². The monoisotopic (exact) mass is 419 g/mol. The number of carbonyl (C=O) groups excluding carboxylic acids is 1. The highest BCUT2D eigenvalue weighted by Crippen LogP contribution is 2.26. The molecule has 29 heavy (non-hydrogen) atoms. The molecule has 1 aromatic heterocycles. The van der Waals surface area contributed by atoms with Gasteiger partial charge in [-0.1, -0.05) is 6.08 Å². The summed E-state index contributed by atoms with van der Waals surface area (Å²) in [6.45, 7) is 4.01. The van der Waals surface area contributed by atoms with Gasteiger partial charge in [0.1, 0.15) is 0 Å². The Bertz CT molecular complexity index is 767. The molecule has 1 aromatic rings. The molecular weight excluding hydrogens is 382 g/mol. The van der Waals surface area contributed by atoms with Gasteiger partial charge in [-0.3, -0.25) is 4.79 Å². The number of amides is 1. The van der Waals surface area contributed by atoms with E-state index in [1.54, 1.807) is 7.05 Å². The lowest BCUT2D eigenvalue weighted by Crippen LogP contribution is -2.36. The smallest absolute Gasteiger partial charge is 0.222 e. The summed E-state index contributed by atoms with van der Waals surface area (Å²) < 4.78 is 7.51. The van der Waals surface area contributed by atoms with Gasteiger partial charge in [-0.2, -0.15) is 0 Å². The molecule has 1 N–H and O–H groups in total. The molecule has 0 spiro atoms. The van der Waals surface area contributed by atoms with Crippen molar-refractivity contribution in [3.05, 3.63) is 21.2 Å². The number of nitrogens with one attached hydrogen (secondary N) is 1. The van der Waals surface area contributed by atoms with Crippen LogP contribution in [0.3, 0.4) is 0 Å². The summed E-state index contributed by atoms with van der Waals surface area (Å²) in [6.07, 6.45) is 10.0. The highest BCUT2D eigenvalue weighted by molar-refractivity contribution is 7.07.